The van der Waals surface area contributed by atoms with E-state index < -0.39 is 17.0 Å². The molecule has 0 aliphatic rings. The summed E-state index contributed by atoms with van der Waals surface area (Å²) in [5.41, 5.74) is 0.193. The predicted octanol–water partition coefficient (Wildman–Crippen LogP) is 2.00. The fourth-order valence-electron chi connectivity index (χ4n) is 1.42. The third-order valence-electron chi connectivity index (χ3n) is 2.38. The van der Waals surface area contributed by atoms with Crippen molar-refractivity contribution in [2.45, 2.75) is 6.10 Å². The molecule has 7 nitrogen and oxygen atoms in total. The molecule has 1 unspecified atom stereocenters. The number of nitrogens with zero attached hydrogens (tertiary/aromatic N) is 1. The number of benzene rings is 1. The normalized spacial score (nSPS) is 11.8. The van der Waals surface area contributed by atoms with Crippen LogP contribution in [0.5, 0.6) is 0 Å². The molecular formula is C11H12ClIN2O5. The van der Waals surface area contributed by atoms with Crippen LogP contribution in [0.2, 0.25) is 0 Å². The third-order valence-corrected chi connectivity index (χ3v) is 3.59. The van der Waals surface area contributed by atoms with Gasteiger partial charge in [-0.1, -0.05) is 0 Å². The number of aliphatic hydroxyl groups excluding tert-OH is 1. The van der Waals surface area contributed by atoms with Crippen molar-refractivity contribution in [3.63, 3.8) is 0 Å². The number of alkyl halides is 1. The number of anilines is 1. The molecule has 0 heterocycles. The first-order chi connectivity index (χ1) is 9.40. The molecule has 0 saturated carbocycles. The number of aliphatic hydroxyl groups is 1. The molecule has 9 heteroatoms. The number of ether oxygens (including phenoxy) is 1. The number of non-ortho nitro benzene ring substituents is 1. The first-order valence-corrected chi connectivity index (χ1v) is 7.06. The summed E-state index contributed by atoms with van der Waals surface area (Å²) in [6.45, 7) is 0.112. The van der Waals surface area contributed by atoms with E-state index >= 15 is 0 Å². The number of esters is 1. The van der Waals surface area contributed by atoms with Crippen LogP contribution >= 0.6 is 34.2 Å². The average Bonchev–Trinajstić information content (AvgIpc) is 2.43. The molecule has 2 N–H and O–H groups in total. The summed E-state index contributed by atoms with van der Waals surface area (Å²) in [4.78, 5) is 21.9. The standard InChI is InChI=1S/C11H12ClIN2O5/c1-20-11(17)8-2-6(15(18)19)3-9(13)10(8)14-5-7(16)4-12/h2-3,7,14,16H,4-5H2,1H3. The monoisotopic (exact) mass is 414 g/mol. The fourth-order valence-corrected chi connectivity index (χ4v) is 2.33. The van der Waals surface area contributed by atoms with Gasteiger partial charge < -0.3 is 15.2 Å². The summed E-state index contributed by atoms with van der Waals surface area (Å²) in [5, 5.41) is 23.1. The van der Waals surface area contributed by atoms with Crippen LogP contribution in [0.15, 0.2) is 12.1 Å². The summed E-state index contributed by atoms with van der Waals surface area (Å²) >= 11 is 7.35. The van der Waals surface area contributed by atoms with Crippen molar-refractivity contribution in [3.05, 3.63) is 31.4 Å². The smallest absolute Gasteiger partial charge is 0.340 e. The van der Waals surface area contributed by atoms with Gasteiger partial charge in [-0.2, -0.15) is 0 Å². The lowest BCUT2D eigenvalue weighted by atomic mass is 10.1. The topological polar surface area (TPSA) is 102 Å². The number of nitrogens with one attached hydrogen (secondary N) is 1. The predicted molar refractivity (Wildman–Crippen MR) is 82.4 cm³/mol. The molecule has 1 aromatic carbocycles. The molecule has 1 rings (SSSR count). The molecule has 1 aromatic rings. The summed E-state index contributed by atoms with van der Waals surface area (Å²) in [6.07, 6.45) is -0.798. The van der Waals surface area contributed by atoms with Gasteiger partial charge >= 0.3 is 5.97 Å². The number of methoxy groups -OCH3 is 1. The van der Waals surface area contributed by atoms with E-state index in [1.165, 1.54) is 13.2 Å². The van der Waals surface area contributed by atoms with Gasteiger partial charge in [0.1, 0.15) is 0 Å². The van der Waals surface area contributed by atoms with Crippen LogP contribution in [0.25, 0.3) is 0 Å². The highest BCUT2D eigenvalue weighted by molar-refractivity contribution is 14.1. The van der Waals surface area contributed by atoms with Crippen molar-refractivity contribution in [3.8, 4) is 0 Å². The number of halogens is 2. The average molecular weight is 415 g/mol. The van der Waals surface area contributed by atoms with E-state index in [-0.39, 0.29) is 23.7 Å². The lowest BCUT2D eigenvalue weighted by molar-refractivity contribution is -0.385. The lowest BCUT2D eigenvalue weighted by Crippen LogP contribution is -2.22. The Kier molecular flexibility index (Phi) is 6.43. The Morgan fingerprint density at radius 1 is 1.65 bits per heavy atom. The maximum absolute atomic E-state index is 11.7. The van der Waals surface area contributed by atoms with E-state index in [4.69, 9.17) is 11.6 Å². The minimum Gasteiger partial charge on any atom is -0.465 e. The molecule has 0 bridgehead atoms. The highest BCUT2D eigenvalue weighted by Crippen LogP contribution is 2.29. The zero-order valence-electron chi connectivity index (χ0n) is 10.4. The second-order valence-electron chi connectivity index (χ2n) is 3.79. The molecule has 0 radical (unpaired) electrons. The Hall–Kier alpha value is -1.13. The van der Waals surface area contributed by atoms with Gasteiger partial charge in [0.15, 0.2) is 0 Å². The van der Waals surface area contributed by atoms with E-state index in [0.29, 0.717) is 9.26 Å². The first kappa shape index (κ1) is 16.9. The van der Waals surface area contributed by atoms with Crippen molar-refractivity contribution >= 4 is 51.5 Å². The molecule has 0 amide bonds. The van der Waals surface area contributed by atoms with Gasteiger partial charge in [0, 0.05) is 22.2 Å². The van der Waals surface area contributed by atoms with Gasteiger partial charge in [-0.3, -0.25) is 10.1 Å². The molecule has 0 spiro atoms. The number of carbonyl (C=O) groups is 1. The highest BCUT2D eigenvalue weighted by Gasteiger charge is 2.21. The number of carbonyl (C=O) groups excluding carboxylic acids is 1. The number of nitro benzene ring substituents is 1. The summed E-state index contributed by atoms with van der Waals surface area (Å²) in [7, 11) is 1.19. The maximum atomic E-state index is 11.7. The summed E-state index contributed by atoms with van der Waals surface area (Å²) < 4.78 is 5.08. The third kappa shape index (κ3) is 4.18. The number of hydrogen-bond acceptors (Lipinski definition) is 6. The maximum Gasteiger partial charge on any atom is 0.340 e. The SMILES string of the molecule is COC(=O)c1cc([N+](=O)[O-])cc(I)c1NCC(O)CCl. The molecule has 0 saturated heterocycles. The minimum atomic E-state index is -0.798. The lowest BCUT2D eigenvalue weighted by Gasteiger charge is -2.14. The molecule has 1 atom stereocenters. The van der Waals surface area contributed by atoms with Gasteiger partial charge in [-0.15, -0.1) is 11.6 Å². The van der Waals surface area contributed by atoms with Crippen LogP contribution in [0.4, 0.5) is 11.4 Å². The Labute approximate surface area is 133 Å². The molecule has 0 aromatic heterocycles. The Bertz CT molecular complexity index is 526. The molecule has 0 aliphatic carbocycles. The molecule has 110 valence electrons. The van der Waals surface area contributed by atoms with Gasteiger partial charge in [0.2, 0.25) is 0 Å². The molecule has 20 heavy (non-hydrogen) atoms. The van der Waals surface area contributed by atoms with Crippen molar-refractivity contribution in [1.29, 1.82) is 0 Å². The zero-order valence-corrected chi connectivity index (χ0v) is 13.3. The molecular weight excluding hydrogens is 402 g/mol. The first-order valence-electron chi connectivity index (χ1n) is 5.44. The van der Waals surface area contributed by atoms with Gasteiger partial charge in [0.25, 0.3) is 5.69 Å². The largest absolute Gasteiger partial charge is 0.465 e. The highest BCUT2D eigenvalue weighted by atomic mass is 127. The van der Waals surface area contributed by atoms with E-state index in [0.717, 1.165) is 6.07 Å². The number of nitro groups is 1. The fraction of sp³-hybridized carbons (Fsp3) is 0.364. The Morgan fingerprint density at radius 3 is 2.80 bits per heavy atom. The summed E-state index contributed by atoms with van der Waals surface area (Å²) in [6, 6.07) is 2.45. The minimum absolute atomic E-state index is 0.0319. The van der Waals surface area contributed by atoms with E-state index in [1.807, 2.05) is 22.6 Å². The van der Waals surface area contributed by atoms with Crippen molar-refractivity contribution in [2.75, 3.05) is 24.9 Å². The van der Waals surface area contributed by atoms with Gasteiger partial charge in [-0.05, 0) is 22.6 Å². The van der Waals surface area contributed by atoms with Crippen molar-refractivity contribution in [1.82, 2.24) is 0 Å². The van der Waals surface area contributed by atoms with Crippen LogP contribution < -0.4 is 5.32 Å². The number of hydrogen-bond donors (Lipinski definition) is 2. The van der Waals surface area contributed by atoms with Crippen LogP contribution in [-0.2, 0) is 4.74 Å². The second-order valence-corrected chi connectivity index (χ2v) is 5.26. The quantitative estimate of drug-likeness (QED) is 0.243. The van der Waals surface area contributed by atoms with Crippen LogP contribution in [-0.4, -0.2) is 41.6 Å². The van der Waals surface area contributed by atoms with Crippen LogP contribution in [0.3, 0.4) is 0 Å². The van der Waals surface area contributed by atoms with Crippen LogP contribution in [0, 0.1) is 13.7 Å². The van der Waals surface area contributed by atoms with Crippen molar-refractivity contribution in [2.24, 2.45) is 0 Å². The van der Waals surface area contributed by atoms with Gasteiger partial charge in [-0.25, -0.2) is 4.79 Å². The number of rotatable bonds is 6. The van der Waals surface area contributed by atoms with Crippen LogP contribution in [0.1, 0.15) is 10.4 Å². The Morgan fingerprint density at radius 2 is 2.30 bits per heavy atom. The van der Waals surface area contributed by atoms with E-state index in [1.54, 1.807) is 0 Å². The Balaban J connectivity index is 3.19. The van der Waals surface area contributed by atoms with Crippen molar-refractivity contribution < 1.29 is 19.6 Å². The molecule has 0 fully saturated rings. The molecule has 0 aliphatic heterocycles. The van der Waals surface area contributed by atoms with Gasteiger partial charge in [0.05, 0.1) is 35.3 Å². The van der Waals surface area contributed by atoms with E-state index in [9.17, 15) is 20.0 Å². The zero-order chi connectivity index (χ0) is 15.3. The second kappa shape index (κ2) is 7.60. The summed E-state index contributed by atoms with van der Waals surface area (Å²) in [5.74, 6) is -0.668. The van der Waals surface area contributed by atoms with E-state index in [2.05, 4.69) is 10.1 Å².